The molecular weight excluding hydrogens is 374 g/mol. The molecule has 28 heavy (non-hydrogen) atoms. The number of imidazole rings is 1. The molecule has 148 valence electrons. The molecule has 3 aromatic rings. The number of carbonyl (C=O) groups excluding carboxylic acids is 1. The lowest BCUT2D eigenvalue weighted by Crippen LogP contribution is -2.25. The normalized spacial score (nSPS) is 15.2. The van der Waals surface area contributed by atoms with Crippen LogP contribution in [0.15, 0.2) is 18.6 Å². The van der Waals surface area contributed by atoms with Gasteiger partial charge < -0.3 is 14.6 Å². The highest BCUT2D eigenvalue weighted by molar-refractivity contribution is 7.11. The quantitative estimate of drug-likeness (QED) is 0.644. The van der Waals surface area contributed by atoms with E-state index < -0.39 is 0 Å². The van der Waals surface area contributed by atoms with E-state index >= 15 is 0 Å². The van der Waals surface area contributed by atoms with Crippen molar-refractivity contribution in [2.45, 2.75) is 45.6 Å². The summed E-state index contributed by atoms with van der Waals surface area (Å²) in [5.74, 6) is -0.110. The molecule has 0 radical (unpaired) electrons. The minimum Gasteiger partial charge on any atom is -0.381 e. The largest absolute Gasteiger partial charge is 0.381 e. The summed E-state index contributed by atoms with van der Waals surface area (Å²) in [7, 11) is 0. The van der Waals surface area contributed by atoms with Gasteiger partial charge in [0.25, 0.3) is 5.91 Å². The molecule has 3 aromatic heterocycles. The zero-order chi connectivity index (χ0) is 19.5. The van der Waals surface area contributed by atoms with E-state index in [0.717, 1.165) is 60.8 Å². The van der Waals surface area contributed by atoms with Gasteiger partial charge in [-0.1, -0.05) is 0 Å². The maximum absolute atomic E-state index is 12.5. The number of hydrogen-bond donors (Lipinski definition) is 1. The van der Waals surface area contributed by atoms with E-state index in [2.05, 4.69) is 31.8 Å². The predicted molar refractivity (Wildman–Crippen MR) is 109 cm³/mol. The number of rotatable bonds is 6. The maximum Gasteiger partial charge on any atom is 0.252 e. The average molecular weight is 400 g/mol. The topological polar surface area (TPSA) is 81.9 Å². The number of pyridine rings is 1. The second kappa shape index (κ2) is 8.36. The number of aryl methyl sites for hydroxylation is 3. The molecule has 1 saturated heterocycles. The van der Waals surface area contributed by atoms with Gasteiger partial charge in [-0.15, -0.1) is 11.3 Å². The van der Waals surface area contributed by atoms with Crippen LogP contribution in [0.2, 0.25) is 0 Å². The first-order valence-electron chi connectivity index (χ1n) is 9.73. The van der Waals surface area contributed by atoms with Crippen molar-refractivity contribution in [3.63, 3.8) is 0 Å². The Morgan fingerprint density at radius 1 is 1.32 bits per heavy atom. The molecule has 1 amide bonds. The van der Waals surface area contributed by atoms with Crippen molar-refractivity contribution in [3.8, 4) is 0 Å². The molecule has 0 atom stereocenters. The van der Waals surface area contributed by atoms with Gasteiger partial charge >= 0.3 is 0 Å². The molecule has 0 saturated carbocycles. The van der Waals surface area contributed by atoms with E-state index in [0.29, 0.717) is 18.2 Å². The Hall–Kier alpha value is -2.32. The standard InChI is InChI=1S/C20H25N5O2S/c1-13-14(2)28-18(24-13)4-3-7-21-20(26)15-10-17-19(22-11-15)25(12-23-17)16-5-8-27-9-6-16/h10-12,16H,3-9H2,1-2H3,(H,21,26). The Morgan fingerprint density at radius 3 is 2.89 bits per heavy atom. The summed E-state index contributed by atoms with van der Waals surface area (Å²) in [6.45, 7) is 6.27. The lowest BCUT2D eigenvalue weighted by molar-refractivity contribution is 0.0704. The van der Waals surface area contributed by atoms with Crippen molar-refractivity contribution in [2.75, 3.05) is 19.8 Å². The van der Waals surface area contributed by atoms with Gasteiger partial charge in [0.05, 0.1) is 22.6 Å². The van der Waals surface area contributed by atoms with Crippen LogP contribution in [0.1, 0.15) is 51.2 Å². The summed E-state index contributed by atoms with van der Waals surface area (Å²) in [6.07, 6.45) is 7.15. The van der Waals surface area contributed by atoms with Gasteiger partial charge in [-0.3, -0.25) is 4.79 Å². The Kier molecular flexibility index (Phi) is 5.68. The molecule has 1 N–H and O–H groups in total. The van der Waals surface area contributed by atoms with Crippen molar-refractivity contribution >= 4 is 28.4 Å². The van der Waals surface area contributed by atoms with Gasteiger partial charge in [0.15, 0.2) is 5.65 Å². The number of thiazole rings is 1. The van der Waals surface area contributed by atoms with E-state index in [4.69, 9.17) is 4.74 Å². The first-order chi connectivity index (χ1) is 13.6. The highest BCUT2D eigenvalue weighted by Crippen LogP contribution is 2.24. The zero-order valence-corrected chi connectivity index (χ0v) is 17.1. The molecule has 0 bridgehead atoms. The molecule has 7 nitrogen and oxygen atoms in total. The lowest BCUT2D eigenvalue weighted by atomic mass is 10.1. The van der Waals surface area contributed by atoms with E-state index in [-0.39, 0.29) is 5.91 Å². The SMILES string of the molecule is Cc1nc(CCCNC(=O)c2cnc3c(c2)ncn3C2CCOCC2)sc1C. The fourth-order valence-electron chi connectivity index (χ4n) is 3.46. The van der Waals surface area contributed by atoms with Gasteiger partial charge in [-0.05, 0) is 39.2 Å². The van der Waals surface area contributed by atoms with Gasteiger partial charge in [0.1, 0.15) is 5.52 Å². The number of carbonyl (C=O) groups is 1. The summed E-state index contributed by atoms with van der Waals surface area (Å²) >= 11 is 1.73. The van der Waals surface area contributed by atoms with Crippen molar-refractivity contribution in [2.24, 2.45) is 0 Å². The summed E-state index contributed by atoms with van der Waals surface area (Å²) in [6, 6.07) is 2.19. The second-order valence-corrected chi connectivity index (χ2v) is 8.46. The van der Waals surface area contributed by atoms with Crippen molar-refractivity contribution < 1.29 is 9.53 Å². The van der Waals surface area contributed by atoms with Crippen LogP contribution < -0.4 is 5.32 Å². The van der Waals surface area contributed by atoms with E-state index in [1.54, 1.807) is 17.5 Å². The molecule has 8 heteroatoms. The summed E-state index contributed by atoms with van der Waals surface area (Å²) in [4.78, 5) is 27.2. The summed E-state index contributed by atoms with van der Waals surface area (Å²) < 4.78 is 7.54. The Bertz CT molecular complexity index is 955. The predicted octanol–water partition coefficient (Wildman–Crippen LogP) is 3.22. The van der Waals surface area contributed by atoms with Crippen molar-refractivity contribution in [1.29, 1.82) is 0 Å². The van der Waals surface area contributed by atoms with E-state index in [1.165, 1.54) is 4.88 Å². The summed E-state index contributed by atoms with van der Waals surface area (Å²) in [5.41, 5.74) is 3.24. The zero-order valence-electron chi connectivity index (χ0n) is 16.3. The van der Waals surface area contributed by atoms with Crippen LogP contribution in [0.25, 0.3) is 11.2 Å². The van der Waals surface area contributed by atoms with Crippen LogP contribution in [0, 0.1) is 13.8 Å². The molecule has 4 heterocycles. The molecule has 1 fully saturated rings. The fraction of sp³-hybridized carbons (Fsp3) is 0.500. The van der Waals surface area contributed by atoms with Crippen LogP contribution in [-0.2, 0) is 11.2 Å². The minimum absolute atomic E-state index is 0.110. The van der Waals surface area contributed by atoms with Crippen LogP contribution in [0.3, 0.4) is 0 Å². The van der Waals surface area contributed by atoms with Crippen LogP contribution >= 0.6 is 11.3 Å². The number of nitrogens with one attached hydrogen (secondary N) is 1. The minimum atomic E-state index is -0.110. The molecule has 0 aliphatic carbocycles. The van der Waals surface area contributed by atoms with E-state index in [9.17, 15) is 4.79 Å². The first kappa shape index (κ1) is 19.0. The van der Waals surface area contributed by atoms with Crippen molar-refractivity contribution in [3.05, 3.63) is 39.7 Å². The molecule has 1 aliphatic rings. The Morgan fingerprint density at radius 2 is 2.14 bits per heavy atom. The smallest absolute Gasteiger partial charge is 0.252 e. The third-order valence-electron chi connectivity index (χ3n) is 5.19. The highest BCUT2D eigenvalue weighted by atomic mass is 32.1. The number of aromatic nitrogens is 4. The third-order valence-corrected chi connectivity index (χ3v) is 6.32. The maximum atomic E-state index is 12.5. The van der Waals surface area contributed by atoms with Crippen LogP contribution in [0.5, 0.6) is 0 Å². The monoisotopic (exact) mass is 399 g/mol. The molecule has 1 aliphatic heterocycles. The van der Waals surface area contributed by atoms with Crippen LogP contribution in [-0.4, -0.2) is 45.2 Å². The molecule has 0 spiro atoms. The number of hydrogen-bond acceptors (Lipinski definition) is 6. The molecule has 0 unspecified atom stereocenters. The van der Waals surface area contributed by atoms with E-state index in [1.807, 2.05) is 19.3 Å². The Labute approximate surface area is 168 Å². The second-order valence-electron chi connectivity index (χ2n) is 7.17. The fourth-order valence-corrected chi connectivity index (χ4v) is 4.44. The molecular formula is C20H25N5O2S. The van der Waals surface area contributed by atoms with Crippen LogP contribution in [0.4, 0.5) is 0 Å². The number of fused-ring (bicyclic) bond motifs is 1. The van der Waals surface area contributed by atoms with Gasteiger partial charge in [0, 0.05) is 43.3 Å². The third kappa shape index (κ3) is 4.07. The average Bonchev–Trinajstić information content (AvgIpc) is 3.28. The van der Waals surface area contributed by atoms with Crippen molar-refractivity contribution in [1.82, 2.24) is 24.8 Å². The first-order valence-corrected chi connectivity index (χ1v) is 10.5. The Balaban J connectivity index is 1.35. The lowest BCUT2D eigenvalue weighted by Gasteiger charge is -2.23. The molecule has 0 aromatic carbocycles. The van der Waals surface area contributed by atoms with Gasteiger partial charge in [-0.25, -0.2) is 15.0 Å². The molecule has 4 rings (SSSR count). The van der Waals surface area contributed by atoms with Gasteiger partial charge in [0.2, 0.25) is 0 Å². The highest BCUT2D eigenvalue weighted by Gasteiger charge is 2.19. The number of ether oxygens (including phenoxy) is 1. The number of amides is 1. The number of nitrogens with zero attached hydrogens (tertiary/aromatic N) is 4. The summed E-state index contributed by atoms with van der Waals surface area (Å²) in [5, 5.41) is 4.10. The van der Waals surface area contributed by atoms with Gasteiger partial charge in [-0.2, -0.15) is 0 Å².